The minimum atomic E-state index is -0.866. The molecule has 0 spiro atoms. The van der Waals surface area contributed by atoms with Gasteiger partial charge in [-0.2, -0.15) is 0 Å². The predicted octanol–water partition coefficient (Wildman–Crippen LogP) is 4.48. The molecule has 0 atom stereocenters. The summed E-state index contributed by atoms with van der Waals surface area (Å²) in [7, 11) is 0. The number of aryl methyl sites for hydroxylation is 1. The minimum absolute atomic E-state index is 0.124. The summed E-state index contributed by atoms with van der Waals surface area (Å²) in [4.78, 5) is 48.8. The zero-order chi connectivity index (χ0) is 23.0. The zero-order valence-corrected chi connectivity index (χ0v) is 17.3. The van der Waals surface area contributed by atoms with Gasteiger partial charge in [-0.05, 0) is 43.3 Å². The number of nitro benzene ring substituents is 1. The summed E-state index contributed by atoms with van der Waals surface area (Å²) in [6.07, 6.45) is 1.19. The molecule has 0 aliphatic carbocycles. The normalized spacial score (nSPS) is 15.2. The van der Waals surface area contributed by atoms with Crippen molar-refractivity contribution in [3.63, 3.8) is 0 Å². The average molecular weight is 452 g/mol. The molecule has 160 valence electrons. The maximum absolute atomic E-state index is 12.9. The fraction of sp³-hybridized carbons (Fsp3) is 0.0455. The Kier molecular flexibility index (Phi) is 5.33. The third-order valence-corrected chi connectivity index (χ3v) is 5.06. The number of amides is 4. The molecular weight excluding hydrogens is 438 g/mol. The van der Waals surface area contributed by atoms with E-state index < -0.39 is 22.8 Å². The fourth-order valence-corrected chi connectivity index (χ4v) is 3.33. The Morgan fingerprint density at radius 1 is 1.06 bits per heavy atom. The van der Waals surface area contributed by atoms with Crippen LogP contribution >= 0.6 is 11.6 Å². The van der Waals surface area contributed by atoms with Gasteiger partial charge in [-0.3, -0.25) is 25.0 Å². The molecule has 4 amide bonds. The monoisotopic (exact) mass is 451 g/mol. The van der Waals surface area contributed by atoms with Crippen molar-refractivity contribution in [1.82, 2.24) is 5.32 Å². The number of imide groups is 2. The van der Waals surface area contributed by atoms with Crippen LogP contribution in [0.1, 0.15) is 11.3 Å². The van der Waals surface area contributed by atoms with Crippen LogP contribution in [0.3, 0.4) is 0 Å². The molecule has 0 saturated carbocycles. The van der Waals surface area contributed by atoms with Crippen molar-refractivity contribution in [3.8, 4) is 11.3 Å². The summed E-state index contributed by atoms with van der Waals surface area (Å²) in [6, 6.07) is 12.7. The van der Waals surface area contributed by atoms with E-state index in [2.05, 4.69) is 5.32 Å². The topological polar surface area (TPSA) is 123 Å². The first-order valence-electron chi connectivity index (χ1n) is 9.27. The quantitative estimate of drug-likeness (QED) is 0.270. The first kappa shape index (κ1) is 21.0. The highest BCUT2D eigenvalue weighted by Crippen LogP contribution is 2.33. The Labute approximate surface area is 186 Å². The first-order valence-corrected chi connectivity index (χ1v) is 9.64. The highest BCUT2D eigenvalue weighted by Gasteiger charge is 2.37. The lowest BCUT2D eigenvalue weighted by molar-refractivity contribution is -0.384. The SMILES string of the molecule is Cc1ccc(N2C(=O)NC(=O)C(=Cc3ccc(-c4cc([N+](=O)[O-])ccc4Cl)o3)C2=O)cc1. The molecule has 32 heavy (non-hydrogen) atoms. The van der Waals surface area contributed by atoms with Crippen LogP contribution in [-0.2, 0) is 9.59 Å². The molecule has 9 nitrogen and oxygen atoms in total. The number of hydrogen-bond acceptors (Lipinski definition) is 6. The largest absolute Gasteiger partial charge is 0.457 e. The number of carbonyl (C=O) groups is 3. The van der Waals surface area contributed by atoms with Gasteiger partial charge in [0.05, 0.1) is 15.6 Å². The number of halogens is 1. The maximum Gasteiger partial charge on any atom is 0.335 e. The summed E-state index contributed by atoms with van der Waals surface area (Å²) in [5, 5.41) is 13.4. The van der Waals surface area contributed by atoms with Crippen molar-refractivity contribution in [2.24, 2.45) is 0 Å². The van der Waals surface area contributed by atoms with E-state index in [1.54, 1.807) is 24.3 Å². The number of rotatable bonds is 4. The first-order chi connectivity index (χ1) is 15.2. The second kappa shape index (κ2) is 8.12. The molecule has 1 aromatic heterocycles. The number of benzene rings is 2. The van der Waals surface area contributed by atoms with Crippen LogP contribution in [0, 0.1) is 17.0 Å². The van der Waals surface area contributed by atoms with E-state index >= 15 is 0 Å². The van der Waals surface area contributed by atoms with Gasteiger partial charge in [0.15, 0.2) is 0 Å². The van der Waals surface area contributed by atoms with Gasteiger partial charge in [0.25, 0.3) is 17.5 Å². The van der Waals surface area contributed by atoms with E-state index in [1.807, 2.05) is 6.92 Å². The van der Waals surface area contributed by atoms with Gasteiger partial charge in [-0.25, -0.2) is 9.69 Å². The van der Waals surface area contributed by atoms with Gasteiger partial charge in [-0.1, -0.05) is 29.3 Å². The standard InChI is InChI=1S/C22H14ClN3O6/c1-12-2-4-13(5-3-12)25-21(28)17(20(27)24-22(25)29)11-15-7-9-19(32-15)16-10-14(26(30)31)6-8-18(16)23/h2-11H,1H3,(H,24,27,29). The Bertz CT molecular complexity index is 1310. The molecule has 1 N–H and O–H groups in total. The number of nitrogens with zero attached hydrogens (tertiary/aromatic N) is 2. The molecule has 1 aliphatic heterocycles. The van der Waals surface area contributed by atoms with E-state index in [0.717, 1.165) is 10.5 Å². The van der Waals surface area contributed by atoms with Crippen LogP contribution in [0.25, 0.3) is 17.4 Å². The molecule has 4 rings (SSSR count). The Morgan fingerprint density at radius 2 is 1.78 bits per heavy atom. The summed E-state index contributed by atoms with van der Waals surface area (Å²) in [5.41, 5.74) is 1.04. The summed E-state index contributed by atoms with van der Waals surface area (Å²) >= 11 is 6.14. The van der Waals surface area contributed by atoms with Crippen LogP contribution in [0.15, 0.2) is 64.6 Å². The van der Waals surface area contributed by atoms with E-state index in [-0.39, 0.29) is 33.4 Å². The van der Waals surface area contributed by atoms with E-state index in [0.29, 0.717) is 5.69 Å². The lowest BCUT2D eigenvalue weighted by atomic mass is 10.1. The number of furan rings is 1. The van der Waals surface area contributed by atoms with Crippen LogP contribution in [0.2, 0.25) is 5.02 Å². The third-order valence-electron chi connectivity index (χ3n) is 4.73. The fourth-order valence-electron chi connectivity index (χ4n) is 3.12. The van der Waals surface area contributed by atoms with E-state index in [9.17, 15) is 24.5 Å². The van der Waals surface area contributed by atoms with Crippen molar-refractivity contribution < 1.29 is 23.7 Å². The third kappa shape index (κ3) is 3.88. The molecule has 0 radical (unpaired) electrons. The van der Waals surface area contributed by atoms with Crippen molar-refractivity contribution in [3.05, 3.63) is 86.6 Å². The average Bonchev–Trinajstić information content (AvgIpc) is 3.21. The van der Waals surface area contributed by atoms with Crippen molar-refractivity contribution >= 4 is 46.9 Å². The minimum Gasteiger partial charge on any atom is -0.457 e. The predicted molar refractivity (Wildman–Crippen MR) is 116 cm³/mol. The zero-order valence-electron chi connectivity index (χ0n) is 16.5. The number of non-ortho nitro benzene ring substituents is 1. The second-order valence-corrected chi connectivity index (χ2v) is 7.32. The molecule has 1 fully saturated rings. The Hall–Kier alpha value is -4.24. The molecule has 0 unspecified atom stereocenters. The number of anilines is 1. The lowest BCUT2D eigenvalue weighted by Crippen LogP contribution is -2.54. The summed E-state index contributed by atoms with van der Waals surface area (Å²) in [6.45, 7) is 1.86. The van der Waals surface area contributed by atoms with Gasteiger partial charge >= 0.3 is 6.03 Å². The highest BCUT2D eigenvalue weighted by atomic mass is 35.5. The number of urea groups is 1. The van der Waals surface area contributed by atoms with Crippen LogP contribution < -0.4 is 10.2 Å². The molecule has 2 heterocycles. The van der Waals surface area contributed by atoms with Gasteiger partial charge in [0.2, 0.25) is 0 Å². The van der Waals surface area contributed by atoms with Crippen molar-refractivity contribution in [2.75, 3.05) is 4.90 Å². The summed E-state index contributed by atoms with van der Waals surface area (Å²) < 4.78 is 5.65. The molecule has 0 bridgehead atoms. The molecule has 1 saturated heterocycles. The van der Waals surface area contributed by atoms with Crippen molar-refractivity contribution in [2.45, 2.75) is 6.92 Å². The van der Waals surface area contributed by atoms with Gasteiger partial charge in [0, 0.05) is 17.7 Å². The van der Waals surface area contributed by atoms with Crippen LogP contribution in [0.4, 0.5) is 16.2 Å². The lowest BCUT2D eigenvalue weighted by Gasteiger charge is -2.26. The number of barbiturate groups is 1. The molecule has 2 aromatic carbocycles. The summed E-state index contributed by atoms with van der Waals surface area (Å²) in [5.74, 6) is -1.34. The van der Waals surface area contributed by atoms with E-state index in [1.165, 1.54) is 36.4 Å². The smallest absolute Gasteiger partial charge is 0.335 e. The van der Waals surface area contributed by atoms with Gasteiger partial charge in [0.1, 0.15) is 17.1 Å². The number of nitrogens with one attached hydrogen (secondary N) is 1. The maximum atomic E-state index is 12.9. The number of hydrogen-bond donors (Lipinski definition) is 1. The number of carbonyl (C=O) groups excluding carboxylic acids is 3. The van der Waals surface area contributed by atoms with Crippen molar-refractivity contribution in [1.29, 1.82) is 0 Å². The van der Waals surface area contributed by atoms with E-state index in [4.69, 9.17) is 16.0 Å². The molecule has 3 aromatic rings. The molecule has 1 aliphatic rings. The van der Waals surface area contributed by atoms with Gasteiger partial charge < -0.3 is 4.42 Å². The molecule has 10 heteroatoms. The Morgan fingerprint density at radius 3 is 2.47 bits per heavy atom. The highest BCUT2D eigenvalue weighted by molar-refractivity contribution is 6.39. The number of nitro groups is 1. The van der Waals surface area contributed by atoms with Crippen LogP contribution in [0.5, 0.6) is 0 Å². The van der Waals surface area contributed by atoms with Gasteiger partial charge in [-0.15, -0.1) is 0 Å². The second-order valence-electron chi connectivity index (χ2n) is 6.92. The molecular formula is C22H14ClN3O6. The Balaban J connectivity index is 1.69. The van der Waals surface area contributed by atoms with Crippen LogP contribution in [-0.4, -0.2) is 22.8 Å².